The van der Waals surface area contributed by atoms with E-state index in [0.717, 1.165) is 1.59 Å². The summed E-state index contributed by atoms with van der Waals surface area (Å²) in [5, 5.41) is 3.12. The molecule has 11 heteroatoms. The topological polar surface area (TPSA) is 95.4 Å². The Bertz CT molecular complexity index is 648. The molecule has 0 saturated carbocycles. The van der Waals surface area contributed by atoms with Crippen LogP contribution in [0.4, 0.5) is 13.2 Å². The van der Waals surface area contributed by atoms with Crippen LogP contribution in [0.15, 0.2) is 22.6 Å². The van der Waals surface area contributed by atoms with Crippen molar-refractivity contribution in [1.82, 2.24) is 5.32 Å². The molecule has 0 aromatic heterocycles. The number of nitrogens with two attached hydrogens (primary N) is 1. The van der Waals surface area contributed by atoms with E-state index < -0.39 is 66.1 Å². The van der Waals surface area contributed by atoms with Gasteiger partial charge in [-0.05, 0) is 6.72 Å². The SMILES string of the molecule is C=NC(C)CC(F)C[C@](C)(CCF)CNC1=NC[C@@H]([I-]/C(=C\CC(C)F)I(N)O)C=N1. The van der Waals surface area contributed by atoms with Gasteiger partial charge in [-0.2, -0.15) is 0 Å². The zero-order chi connectivity index (χ0) is 23.4. The van der Waals surface area contributed by atoms with Crippen LogP contribution in [-0.2, 0) is 0 Å². The van der Waals surface area contributed by atoms with Gasteiger partial charge in [0.25, 0.3) is 0 Å². The first-order valence-corrected chi connectivity index (χ1v) is 15.8. The van der Waals surface area contributed by atoms with Crippen molar-refractivity contribution in [3.8, 4) is 0 Å². The second kappa shape index (κ2) is 14.8. The minimum absolute atomic E-state index is 0.0846. The van der Waals surface area contributed by atoms with E-state index in [2.05, 4.69) is 27.0 Å². The van der Waals surface area contributed by atoms with Gasteiger partial charge in [-0.3, -0.25) is 0 Å². The van der Waals surface area contributed by atoms with E-state index in [1.807, 2.05) is 6.92 Å². The molecule has 0 saturated heterocycles. The Balaban J connectivity index is 2.61. The van der Waals surface area contributed by atoms with Gasteiger partial charge in [0, 0.05) is 0 Å². The van der Waals surface area contributed by atoms with Gasteiger partial charge in [-0.15, -0.1) is 0 Å². The summed E-state index contributed by atoms with van der Waals surface area (Å²) < 4.78 is 57.2. The zero-order valence-corrected chi connectivity index (χ0v) is 22.7. The Morgan fingerprint density at radius 2 is 2.26 bits per heavy atom. The molecular weight excluding hydrogens is 637 g/mol. The first kappa shape index (κ1) is 28.8. The van der Waals surface area contributed by atoms with E-state index in [4.69, 9.17) is 3.95 Å². The number of aliphatic imine (C=N–C) groups is 3. The van der Waals surface area contributed by atoms with Crippen LogP contribution in [-0.4, -0.2) is 64.4 Å². The molecule has 3 unspecified atom stereocenters. The Labute approximate surface area is 202 Å². The number of guanidine groups is 1. The average molecular weight is 672 g/mol. The quantitative estimate of drug-likeness (QED) is 0.111. The molecule has 0 aliphatic carbocycles. The third-order valence-corrected chi connectivity index (χ3v) is 13.2. The molecule has 182 valence electrons. The van der Waals surface area contributed by atoms with Crippen LogP contribution in [0.25, 0.3) is 0 Å². The Kier molecular flexibility index (Phi) is 13.7. The number of rotatable bonds is 14. The van der Waals surface area contributed by atoms with Crippen LogP contribution in [0, 0.1) is 5.41 Å². The van der Waals surface area contributed by atoms with Gasteiger partial charge in [0.2, 0.25) is 0 Å². The van der Waals surface area contributed by atoms with Crippen molar-refractivity contribution in [3.63, 3.8) is 0 Å². The van der Waals surface area contributed by atoms with Crippen molar-refractivity contribution < 1.29 is 37.8 Å². The summed E-state index contributed by atoms with van der Waals surface area (Å²) in [4.78, 5) is 12.6. The van der Waals surface area contributed by atoms with Crippen LogP contribution in [0.2, 0.25) is 0 Å². The molecule has 1 aliphatic rings. The van der Waals surface area contributed by atoms with Crippen LogP contribution < -0.4 is 30.5 Å². The molecule has 4 N–H and O–H groups in total. The van der Waals surface area contributed by atoms with Gasteiger partial charge in [-0.25, -0.2) is 0 Å². The number of hydrogen-bond donors (Lipinski definition) is 3. The number of alkyl halides is 4. The molecule has 0 bridgehead atoms. The number of nitrogens with one attached hydrogen (secondary N) is 1. The third-order valence-electron chi connectivity index (χ3n) is 4.79. The molecule has 1 rings (SSSR count). The van der Waals surface area contributed by atoms with E-state index in [1.54, 1.807) is 19.2 Å². The predicted molar refractivity (Wildman–Crippen MR) is 128 cm³/mol. The monoisotopic (exact) mass is 672 g/mol. The van der Waals surface area contributed by atoms with Gasteiger partial charge in [0.15, 0.2) is 0 Å². The summed E-state index contributed by atoms with van der Waals surface area (Å²) >= 11 is -3.27. The Morgan fingerprint density at radius 3 is 2.77 bits per heavy atom. The number of allylic oxidation sites excluding steroid dienone is 1. The van der Waals surface area contributed by atoms with E-state index in [9.17, 15) is 16.6 Å². The fourth-order valence-electron chi connectivity index (χ4n) is 2.97. The van der Waals surface area contributed by atoms with Crippen LogP contribution in [0.1, 0.15) is 46.5 Å². The molecule has 1 heterocycles. The van der Waals surface area contributed by atoms with E-state index >= 15 is 0 Å². The summed E-state index contributed by atoms with van der Waals surface area (Å²) in [7, 11) is 0. The van der Waals surface area contributed by atoms with Crippen LogP contribution in [0.3, 0.4) is 0 Å². The molecule has 5 atom stereocenters. The third kappa shape index (κ3) is 11.9. The van der Waals surface area contributed by atoms with Crippen molar-refractivity contribution in [1.29, 1.82) is 0 Å². The standard InChI is InChI=1S/C20H35F3I2N5O/c1-14(22)5-6-18(25(26)31)24-17-11-28-19(29-12-17)30-13-20(3,7-8-21)10-16(23)9-15(2)27-4/h6,11,14-17,31H,4-5,7-10,12-13,26H2,1-3H3,(H,29,30)/q-1/b18-6+/t14?,15?,16?,17-,20-/m0/s1. The predicted octanol–water partition coefficient (Wildman–Crippen LogP) is 0.924. The van der Waals surface area contributed by atoms with Crippen molar-refractivity contribution in [2.24, 2.45) is 24.3 Å². The summed E-state index contributed by atoms with van der Waals surface area (Å²) in [5.41, 5.74) is -0.578. The molecule has 0 aromatic rings. The summed E-state index contributed by atoms with van der Waals surface area (Å²) in [5.74, 6) is 0.442. The fourth-order valence-corrected chi connectivity index (χ4v) is 9.56. The van der Waals surface area contributed by atoms with Crippen molar-refractivity contribution in [2.45, 2.75) is 68.8 Å². The minimum atomic E-state index is -2.64. The first-order valence-electron chi connectivity index (χ1n) is 10.2. The second-order valence-electron chi connectivity index (χ2n) is 8.04. The summed E-state index contributed by atoms with van der Waals surface area (Å²) in [6, 6.07) is -0.173. The normalized spacial score (nSPS) is 22.3. The van der Waals surface area contributed by atoms with Crippen LogP contribution in [0.5, 0.6) is 0 Å². The first-order chi connectivity index (χ1) is 14.6. The molecule has 31 heavy (non-hydrogen) atoms. The second-order valence-corrected chi connectivity index (χ2v) is 16.3. The molecule has 0 fully saturated rings. The van der Waals surface area contributed by atoms with Gasteiger partial charge in [0.05, 0.1) is 0 Å². The number of halogens is 5. The average Bonchev–Trinajstić information content (AvgIpc) is 2.70. The van der Waals surface area contributed by atoms with E-state index in [1.165, 1.54) is 6.92 Å². The van der Waals surface area contributed by atoms with Crippen LogP contribution >= 0.6 is 20.5 Å². The Hall–Kier alpha value is -0.280. The number of hydrogen-bond acceptors (Lipinski definition) is 6. The maximum absolute atomic E-state index is 14.4. The molecule has 6 nitrogen and oxygen atoms in total. The van der Waals surface area contributed by atoms with Gasteiger partial charge in [-0.1, -0.05) is 0 Å². The van der Waals surface area contributed by atoms with Gasteiger partial charge in [0.1, 0.15) is 0 Å². The Morgan fingerprint density at radius 1 is 1.55 bits per heavy atom. The summed E-state index contributed by atoms with van der Waals surface area (Å²) in [6.07, 6.45) is 2.45. The van der Waals surface area contributed by atoms with Crippen molar-refractivity contribution in [2.75, 3.05) is 19.8 Å². The molecule has 0 aromatic carbocycles. The maximum atomic E-state index is 14.4. The zero-order valence-electron chi connectivity index (χ0n) is 18.4. The molecule has 0 amide bonds. The summed E-state index contributed by atoms with van der Waals surface area (Å²) in [6.45, 7) is 8.91. The molecule has 1 aliphatic heterocycles. The van der Waals surface area contributed by atoms with Gasteiger partial charge >= 0.3 is 196 Å². The van der Waals surface area contributed by atoms with Gasteiger partial charge < -0.3 is 0 Å². The fraction of sp³-hybridized carbons (Fsp3) is 0.750. The number of nitrogens with zero attached hydrogens (tertiary/aromatic N) is 3. The van der Waals surface area contributed by atoms with Crippen molar-refractivity contribution in [3.05, 3.63) is 7.66 Å². The van der Waals surface area contributed by atoms with E-state index in [0.29, 0.717) is 19.0 Å². The molecular formula is C20H35F3I2N5O-. The molecule has 0 radical (unpaired) electrons. The van der Waals surface area contributed by atoms with E-state index in [-0.39, 0.29) is 35.6 Å². The van der Waals surface area contributed by atoms with Crippen molar-refractivity contribution >= 4 is 39.4 Å². The molecule has 0 spiro atoms.